The van der Waals surface area contributed by atoms with Crippen molar-refractivity contribution in [2.45, 2.75) is 25.4 Å². The van der Waals surface area contributed by atoms with Gasteiger partial charge in [-0.15, -0.1) is 12.3 Å². The van der Waals surface area contributed by atoms with Gasteiger partial charge in [0.2, 0.25) is 0 Å². The number of rotatable bonds is 8. The van der Waals surface area contributed by atoms with Gasteiger partial charge in [-0.05, 0) is 37.1 Å². The summed E-state index contributed by atoms with van der Waals surface area (Å²) in [4.78, 5) is 10.0. The smallest absolute Gasteiger partial charge is 0.269 e. The molecule has 5 heteroatoms. The summed E-state index contributed by atoms with van der Waals surface area (Å²) in [7, 11) is 0. The van der Waals surface area contributed by atoms with E-state index in [-0.39, 0.29) is 5.69 Å². The molecule has 1 unspecified atom stereocenters. The van der Waals surface area contributed by atoms with E-state index in [4.69, 9.17) is 6.42 Å². The average Bonchev–Trinajstić information content (AvgIpc) is 2.42. The molecule has 0 aliphatic carbocycles. The van der Waals surface area contributed by atoms with Crippen molar-refractivity contribution in [2.24, 2.45) is 0 Å². The molecule has 1 aromatic carbocycles. The zero-order chi connectivity index (χ0) is 14.1. The lowest BCUT2D eigenvalue weighted by molar-refractivity contribution is -0.384. The zero-order valence-corrected chi connectivity index (χ0v) is 10.7. The summed E-state index contributed by atoms with van der Waals surface area (Å²) >= 11 is 0. The van der Waals surface area contributed by atoms with Crippen LogP contribution in [-0.2, 0) is 0 Å². The second-order valence-electron chi connectivity index (χ2n) is 4.23. The molecule has 19 heavy (non-hydrogen) atoms. The van der Waals surface area contributed by atoms with Gasteiger partial charge in [0.05, 0.1) is 11.0 Å². The van der Waals surface area contributed by atoms with Crippen molar-refractivity contribution >= 4 is 5.69 Å². The number of nitro groups is 1. The van der Waals surface area contributed by atoms with Gasteiger partial charge in [-0.1, -0.05) is 0 Å². The Bertz CT molecular complexity index is 437. The molecule has 0 fully saturated rings. The van der Waals surface area contributed by atoms with Crippen LogP contribution in [0, 0.1) is 22.5 Å². The van der Waals surface area contributed by atoms with Gasteiger partial charge in [-0.25, -0.2) is 0 Å². The molecular weight excluding hydrogens is 244 g/mol. The highest BCUT2D eigenvalue weighted by atomic mass is 16.6. The van der Waals surface area contributed by atoms with Crippen LogP contribution in [0.2, 0.25) is 0 Å². The van der Waals surface area contributed by atoms with E-state index in [9.17, 15) is 15.2 Å². The fraction of sp³-hybridized carbons (Fsp3) is 0.429. The number of aliphatic hydroxyl groups is 1. The van der Waals surface area contributed by atoms with Gasteiger partial charge >= 0.3 is 0 Å². The van der Waals surface area contributed by atoms with E-state index in [2.05, 4.69) is 11.2 Å². The Morgan fingerprint density at radius 2 is 2.05 bits per heavy atom. The standard InChI is InChI=1S/C14H18N2O3/c1-2-3-4-5-10-15-11-14(17)12-6-8-13(9-7-12)16(18)19/h1,6-9,14-15,17H,3-5,10-11H2. The summed E-state index contributed by atoms with van der Waals surface area (Å²) in [5.74, 6) is 2.58. The molecule has 1 rings (SSSR count). The largest absolute Gasteiger partial charge is 0.387 e. The maximum atomic E-state index is 10.5. The molecule has 1 aromatic rings. The summed E-state index contributed by atoms with van der Waals surface area (Å²) in [6, 6.07) is 5.93. The van der Waals surface area contributed by atoms with Crippen LogP contribution in [0.25, 0.3) is 0 Å². The summed E-state index contributed by atoms with van der Waals surface area (Å²) in [6.45, 7) is 1.22. The predicted molar refractivity (Wildman–Crippen MR) is 73.6 cm³/mol. The van der Waals surface area contributed by atoms with Gasteiger partial charge in [-0.2, -0.15) is 0 Å². The van der Waals surface area contributed by atoms with Crippen molar-refractivity contribution in [1.82, 2.24) is 5.32 Å². The number of non-ortho nitro benzene ring substituents is 1. The first-order chi connectivity index (χ1) is 9.15. The van der Waals surface area contributed by atoms with E-state index in [1.807, 2.05) is 0 Å². The third-order valence-electron chi connectivity index (χ3n) is 2.75. The summed E-state index contributed by atoms with van der Waals surface area (Å²) in [5.41, 5.74) is 0.694. The van der Waals surface area contributed by atoms with Crippen molar-refractivity contribution in [2.75, 3.05) is 13.1 Å². The fourth-order valence-electron chi connectivity index (χ4n) is 1.65. The third kappa shape index (κ3) is 5.51. The van der Waals surface area contributed by atoms with Gasteiger partial charge in [-0.3, -0.25) is 10.1 Å². The lowest BCUT2D eigenvalue weighted by Gasteiger charge is -2.11. The van der Waals surface area contributed by atoms with Gasteiger partial charge in [0.15, 0.2) is 0 Å². The molecule has 0 aromatic heterocycles. The number of nitrogens with one attached hydrogen (secondary N) is 1. The van der Waals surface area contributed by atoms with Crippen LogP contribution in [0.4, 0.5) is 5.69 Å². The Kier molecular flexibility index (Phi) is 6.58. The van der Waals surface area contributed by atoms with Crippen molar-refractivity contribution in [3.63, 3.8) is 0 Å². The molecule has 2 N–H and O–H groups in total. The molecule has 0 heterocycles. The normalized spacial score (nSPS) is 11.8. The van der Waals surface area contributed by atoms with Gasteiger partial charge in [0, 0.05) is 25.1 Å². The maximum absolute atomic E-state index is 10.5. The zero-order valence-electron chi connectivity index (χ0n) is 10.7. The van der Waals surface area contributed by atoms with Crippen LogP contribution in [-0.4, -0.2) is 23.1 Å². The molecular formula is C14H18N2O3. The molecule has 102 valence electrons. The van der Waals surface area contributed by atoms with Crippen molar-refractivity contribution in [3.8, 4) is 12.3 Å². The van der Waals surface area contributed by atoms with Crippen LogP contribution >= 0.6 is 0 Å². The fourth-order valence-corrected chi connectivity index (χ4v) is 1.65. The number of nitrogens with zero attached hydrogens (tertiary/aromatic N) is 1. The van der Waals surface area contributed by atoms with E-state index < -0.39 is 11.0 Å². The second kappa shape index (κ2) is 8.25. The molecule has 0 spiro atoms. The highest BCUT2D eigenvalue weighted by Gasteiger charge is 2.09. The lowest BCUT2D eigenvalue weighted by atomic mass is 10.1. The number of hydrogen-bond acceptors (Lipinski definition) is 4. The van der Waals surface area contributed by atoms with E-state index in [1.165, 1.54) is 12.1 Å². The molecule has 0 amide bonds. The number of terminal acetylenes is 1. The Balaban J connectivity index is 2.31. The Morgan fingerprint density at radius 3 is 2.63 bits per heavy atom. The molecule has 0 saturated heterocycles. The van der Waals surface area contributed by atoms with Crippen molar-refractivity contribution < 1.29 is 10.0 Å². The first kappa shape index (κ1) is 15.2. The minimum Gasteiger partial charge on any atom is -0.387 e. The summed E-state index contributed by atoms with van der Waals surface area (Å²) in [5, 5.41) is 23.5. The van der Waals surface area contributed by atoms with Crippen molar-refractivity contribution in [1.29, 1.82) is 0 Å². The van der Waals surface area contributed by atoms with E-state index in [1.54, 1.807) is 12.1 Å². The van der Waals surface area contributed by atoms with Crippen LogP contribution in [0.15, 0.2) is 24.3 Å². The average molecular weight is 262 g/mol. The van der Waals surface area contributed by atoms with Gasteiger partial charge < -0.3 is 10.4 Å². The Morgan fingerprint density at radius 1 is 1.37 bits per heavy atom. The highest BCUT2D eigenvalue weighted by molar-refractivity contribution is 5.33. The minimum absolute atomic E-state index is 0.0261. The van der Waals surface area contributed by atoms with E-state index in [0.29, 0.717) is 12.1 Å². The Hall–Kier alpha value is -1.90. The number of benzene rings is 1. The molecule has 5 nitrogen and oxygen atoms in total. The maximum Gasteiger partial charge on any atom is 0.269 e. The third-order valence-corrected chi connectivity index (χ3v) is 2.75. The minimum atomic E-state index is -0.659. The first-order valence-corrected chi connectivity index (χ1v) is 6.21. The second-order valence-corrected chi connectivity index (χ2v) is 4.23. The van der Waals surface area contributed by atoms with Gasteiger partial charge in [0.25, 0.3) is 5.69 Å². The molecule has 0 aliphatic rings. The summed E-state index contributed by atoms with van der Waals surface area (Å²) in [6.07, 6.45) is 7.19. The molecule has 1 atom stereocenters. The molecule has 0 bridgehead atoms. The van der Waals surface area contributed by atoms with Crippen LogP contribution < -0.4 is 5.32 Å². The Labute approximate surface area is 112 Å². The topological polar surface area (TPSA) is 75.4 Å². The van der Waals surface area contributed by atoms with Crippen molar-refractivity contribution in [3.05, 3.63) is 39.9 Å². The lowest BCUT2D eigenvalue weighted by Crippen LogP contribution is -2.22. The number of hydrogen-bond donors (Lipinski definition) is 2. The van der Waals surface area contributed by atoms with Crippen LogP contribution in [0.5, 0.6) is 0 Å². The quantitative estimate of drug-likeness (QED) is 0.325. The molecule has 0 radical (unpaired) electrons. The van der Waals surface area contributed by atoms with Crippen LogP contribution in [0.1, 0.15) is 30.9 Å². The first-order valence-electron chi connectivity index (χ1n) is 6.21. The monoisotopic (exact) mass is 262 g/mol. The van der Waals surface area contributed by atoms with Gasteiger partial charge in [0.1, 0.15) is 0 Å². The SMILES string of the molecule is C#CCCCCNCC(O)c1ccc([N+](=O)[O-])cc1. The van der Waals surface area contributed by atoms with E-state index in [0.717, 1.165) is 25.8 Å². The number of aliphatic hydroxyl groups excluding tert-OH is 1. The molecule has 0 saturated carbocycles. The predicted octanol–water partition coefficient (Wildman–Crippen LogP) is 2.02. The molecule has 0 aliphatic heterocycles. The van der Waals surface area contributed by atoms with E-state index >= 15 is 0 Å². The highest BCUT2D eigenvalue weighted by Crippen LogP contribution is 2.17. The summed E-state index contributed by atoms with van der Waals surface area (Å²) < 4.78 is 0. The van der Waals surface area contributed by atoms with Crippen LogP contribution in [0.3, 0.4) is 0 Å². The number of nitro benzene ring substituents is 1. The number of unbranched alkanes of at least 4 members (excludes halogenated alkanes) is 2.